The van der Waals surface area contributed by atoms with Crippen molar-refractivity contribution in [1.82, 2.24) is 0 Å². The summed E-state index contributed by atoms with van der Waals surface area (Å²) in [6.07, 6.45) is 5.98. The van der Waals surface area contributed by atoms with Gasteiger partial charge in [0.15, 0.2) is 0 Å². The third-order valence-corrected chi connectivity index (χ3v) is 5.03. The van der Waals surface area contributed by atoms with Crippen LogP contribution >= 0.6 is 18.0 Å². The van der Waals surface area contributed by atoms with Crippen LogP contribution in [0.15, 0.2) is 30.3 Å². The van der Waals surface area contributed by atoms with Crippen LogP contribution in [0.2, 0.25) is 0 Å². The highest BCUT2D eigenvalue weighted by Gasteiger charge is 2.26. The Balaban J connectivity index is 1.92. The van der Waals surface area contributed by atoms with Gasteiger partial charge in [0.05, 0.1) is 12.3 Å². The fourth-order valence-corrected chi connectivity index (χ4v) is 4.36. The molecule has 2 rings (SSSR count). The molecule has 1 aromatic carbocycles. The van der Waals surface area contributed by atoms with Gasteiger partial charge in [-0.25, -0.2) is 0 Å². The summed E-state index contributed by atoms with van der Waals surface area (Å²) in [5, 5.41) is 0. The smallest absolute Gasteiger partial charge is 0.294 e. The Kier molecular flexibility index (Phi) is 4.67. The highest BCUT2D eigenvalue weighted by atomic mass is 35.7. The second-order valence-corrected chi connectivity index (χ2v) is 7.85. The van der Waals surface area contributed by atoms with Gasteiger partial charge < -0.3 is 4.52 Å². The Bertz CT molecular complexity index is 388. The molecule has 0 radical (unpaired) electrons. The molecule has 0 aliphatic heterocycles. The predicted octanol–water partition coefficient (Wildman–Crippen LogP) is 4.97. The van der Waals surface area contributed by atoms with Crippen LogP contribution in [0.5, 0.6) is 0 Å². The summed E-state index contributed by atoms with van der Waals surface area (Å²) in [5.41, 5.74) is 0.974. The average Bonchev–Trinajstić information content (AvgIpc) is 2.30. The second-order valence-electron chi connectivity index (χ2n) is 4.60. The van der Waals surface area contributed by atoms with Crippen molar-refractivity contribution in [3.63, 3.8) is 0 Å². The molecular weight excluding hydrogens is 255 g/mol. The number of hydrogen-bond donors (Lipinski definition) is 0. The third-order valence-electron chi connectivity index (χ3n) is 3.07. The fraction of sp³-hybridized carbons (Fsp3) is 0.538. The third kappa shape index (κ3) is 4.46. The van der Waals surface area contributed by atoms with E-state index in [9.17, 15) is 4.57 Å². The number of halogens is 1. The highest BCUT2D eigenvalue weighted by molar-refractivity contribution is 7.84. The molecule has 0 bridgehead atoms. The quantitative estimate of drug-likeness (QED) is 0.724. The summed E-state index contributed by atoms with van der Waals surface area (Å²) < 4.78 is 17.8. The topological polar surface area (TPSA) is 26.3 Å². The maximum Gasteiger partial charge on any atom is 0.294 e. The largest absolute Gasteiger partial charge is 0.314 e. The Hall–Kier alpha value is -0.300. The van der Waals surface area contributed by atoms with Crippen LogP contribution in [0.4, 0.5) is 0 Å². The van der Waals surface area contributed by atoms with Gasteiger partial charge in [-0.05, 0) is 29.6 Å². The van der Waals surface area contributed by atoms with E-state index in [1.807, 2.05) is 30.3 Å². The maximum absolute atomic E-state index is 12.2. The van der Waals surface area contributed by atoms with Gasteiger partial charge in [-0.2, -0.15) is 0 Å². The Morgan fingerprint density at radius 1 is 1.18 bits per heavy atom. The molecule has 94 valence electrons. The van der Waals surface area contributed by atoms with Crippen molar-refractivity contribution >= 4 is 18.0 Å². The summed E-state index contributed by atoms with van der Waals surface area (Å²) in [7, 11) is 0. The average molecular weight is 273 g/mol. The van der Waals surface area contributed by atoms with E-state index in [1.54, 1.807) is 0 Å². The molecule has 2 nitrogen and oxygen atoms in total. The second kappa shape index (κ2) is 6.04. The van der Waals surface area contributed by atoms with E-state index in [1.165, 1.54) is 6.42 Å². The molecule has 4 heteroatoms. The van der Waals surface area contributed by atoms with Crippen LogP contribution < -0.4 is 0 Å². The predicted molar refractivity (Wildman–Crippen MR) is 71.6 cm³/mol. The highest BCUT2D eigenvalue weighted by Crippen LogP contribution is 2.57. The Morgan fingerprint density at radius 2 is 1.82 bits per heavy atom. The molecule has 0 aromatic heterocycles. The lowest BCUT2D eigenvalue weighted by Gasteiger charge is -2.24. The molecule has 0 amide bonds. The summed E-state index contributed by atoms with van der Waals surface area (Å²) in [4.78, 5) is 0. The lowest BCUT2D eigenvalue weighted by molar-refractivity contribution is 0.162. The summed E-state index contributed by atoms with van der Waals surface area (Å²) in [5.74, 6) is 0. The van der Waals surface area contributed by atoms with Gasteiger partial charge in [-0.1, -0.05) is 49.6 Å². The molecule has 0 N–H and O–H groups in total. The summed E-state index contributed by atoms with van der Waals surface area (Å²) in [6.45, 7) is -3.01. The van der Waals surface area contributed by atoms with Crippen molar-refractivity contribution in [3.8, 4) is 0 Å². The van der Waals surface area contributed by atoms with E-state index in [4.69, 9.17) is 15.8 Å². The van der Waals surface area contributed by atoms with E-state index in [0.29, 0.717) is 6.16 Å². The molecule has 0 spiro atoms. The first-order chi connectivity index (χ1) is 8.16. The molecule has 0 unspecified atom stereocenters. The molecule has 1 aliphatic carbocycles. The molecule has 17 heavy (non-hydrogen) atoms. The molecule has 1 atom stereocenters. The first-order valence-electron chi connectivity index (χ1n) is 6.17. The molecule has 0 saturated heterocycles. The molecule has 1 fully saturated rings. The molecular formula is C13H18ClO2P. The first kappa shape index (κ1) is 13.1. The van der Waals surface area contributed by atoms with E-state index < -0.39 is 6.72 Å². The maximum atomic E-state index is 12.2. The Morgan fingerprint density at radius 3 is 2.47 bits per heavy atom. The van der Waals surface area contributed by atoms with E-state index in [0.717, 1.165) is 31.2 Å². The minimum absolute atomic E-state index is 0.0933. The zero-order valence-electron chi connectivity index (χ0n) is 9.85. The van der Waals surface area contributed by atoms with Crippen molar-refractivity contribution in [2.45, 2.75) is 44.4 Å². The van der Waals surface area contributed by atoms with Crippen LogP contribution in [0, 0.1) is 0 Å². The lowest BCUT2D eigenvalue weighted by atomic mass is 9.98. The summed E-state index contributed by atoms with van der Waals surface area (Å²) in [6, 6.07) is 9.64. The minimum atomic E-state index is -3.01. The normalized spacial score (nSPS) is 21.0. The van der Waals surface area contributed by atoms with Gasteiger partial charge >= 0.3 is 0 Å². The zero-order chi connectivity index (χ0) is 12.1. The van der Waals surface area contributed by atoms with E-state index >= 15 is 0 Å². The van der Waals surface area contributed by atoms with Crippen molar-refractivity contribution in [2.75, 3.05) is 0 Å². The van der Waals surface area contributed by atoms with Gasteiger partial charge in [-0.3, -0.25) is 4.57 Å². The number of hydrogen-bond acceptors (Lipinski definition) is 2. The van der Waals surface area contributed by atoms with Gasteiger partial charge in [0.1, 0.15) is 0 Å². The van der Waals surface area contributed by atoms with Crippen molar-refractivity contribution in [2.24, 2.45) is 0 Å². The molecule has 1 saturated carbocycles. The number of benzene rings is 1. The molecule has 0 heterocycles. The van der Waals surface area contributed by atoms with Crippen LogP contribution in [-0.4, -0.2) is 6.10 Å². The van der Waals surface area contributed by atoms with Crippen LogP contribution in [-0.2, 0) is 15.3 Å². The monoisotopic (exact) mass is 272 g/mol. The van der Waals surface area contributed by atoms with Gasteiger partial charge in [0.25, 0.3) is 6.72 Å². The zero-order valence-corrected chi connectivity index (χ0v) is 11.5. The SMILES string of the molecule is O=[P@](Cl)(Cc1ccccc1)OC1CCCCC1. The minimum Gasteiger partial charge on any atom is -0.314 e. The Labute approximate surface area is 108 Å². The van der Waals surface area contributed by atoms with Crippen LogP contribution in [0.3, 0.4) is 0 Å². The van der Waals surface area contributed by atoms with Crippen molar-refractivity contribution < 1.29 is 9.09 Å². The van der Waals surface area contributed by atoms with Crippen molar-refractivity contribution in [3.05, 3.63) is 35.9 Å². The number of rotatable bonds is 4. The summed E-state index contributed by atoms with van der Waals surface area (Å²) >= 11 is 6.04. The van der Waals surface area contributed by atoms with Gasteiger partial charge in [0, 0.05) is 0 Å². The molecule has 1 aliphatic rings. The van der Waals surface area contributed by atoms with Crippen LogP contribution in [0.25, 0.3) is 0 Å². The van der Waals surface area contributed by atoms with Gasteiger partial charge in [0.2, 0.25) is 0 Å². The van der Waals surface area contributed by atoms with Crippen LogP contribution in [0.1, 0.15) is 37.7 Å². The van der Waals surface area contributed by atoms with Crippen molar-refractivity contribution in [1.29, 1.82) is 0 Å². The van der Waals surface area contributed by atoms with E-state index in [-0.39, 0.29) is 6.10 Å². The lowest BCUT2D eigenvalue weighted by Crippen LogP contribution is -2.14. The first-order valence-corrected chi connectivity index (χ1v) is 8.88. The fourth-order valence-electron chi connectivity index (χ4n) is 2.23. The van der Waals surface area contributed by atoms with E-state index in [2.05, 4.69) is 0 Å². The standard InChI is InChI=1S/C13H18ClO2P/c14-17(15,11-12-7-3-1-4-8-12)16-13-9-5-2-6-10-13/h1,3-4,7-8,13H,2,5-6,9-11H2/t17-/m1/s1. The molecule has 1 aromatic rings. The van der Waals surface area contributed by atoms with Gasteiger partial charge in [-0.15, -0.1) is 0 Å².